The third-order valence-corrected chi connectivity index (χ3v) is 4.95. The van der Waals surface area contributed by atoms with E-state index < -0.39 is 0 Å². The zero-order chi connectivity index (χ0) is 19.9. The fraction of sp³-hybridized carbons (Fsp3) is 0.190. The number of aryl methyl sites for hydroxylation is 1. The smallest absolute Gasteiger partial charge is 0.251 e. The van der Waals surface area contributed by atoms with Crippen molar-refractivity contribution in [1.29, 1.82) is 0 Å². The number of nitrogens with zero attached hydrogens (tertiary/aromatic N) is 1. The van der Waals surface area contributed by atoms with Crippen molar-refractivity contribution in [3.05, 3.63) is 76.3 Å². The van der Waals surface area contributed by atoms with Crippen molar-refractivity contribution in [3.8, 4) is 5.75 Å². The Hall–Kier alpha value is -3.19. The number of hydrogen-bond acceptors (Lipinski definition) is 5. The van der Waals surface area contributed by atoms with Gasteiger partial charge in [0.1, 0.15) is 5.75 Å². The van der Waals surface area contributed by atoms with Gasteiger partial charge in [-0.2, -0.15) is 0 Å². The largest absolute Gasteiger partial charge is 0.497 e. The first-order valence-electron chi connectivity index (χ1n) is 8.76. The fourth-order valence-corrected chi connectivity index (χ4v) is 3.41. The van der Waals surface area contributed by atoms with Crippen molar-refractivity contribution in [1.82, 2.24) is 10.3 Å². The lowest BCUT2D eigenvalue weighted by Crippen LogP contribution is -2.32. The maximum absolute atomic E-state index is 12.1. The number of thiazole rings is 1. The number of amides is 2. The lowest BCUT2D eigenvalue weighted by molar-refractivity contribution is -0.115. The third kappa shape index (κ3) is 5.40. The van der Waals surface area contributed by atoms with Gasteiger partial charge in [0.15, 0.2) is 5.13 Å². The molecule has 0 aliphatic heterocycles. The normalized spacial score (nSPS) is 10.4. The van der Waals surface area contributed by atoms with E-state index >= 15 is 0 Å². The van der Waals surface area contributed by atoms with Crippen LogP contribution in [0.2, 0.25) is 0 Å². The summed E-state index contributed by atoms with van der Waals surface area (Å²) in [5.74, 6) is -0.0817. The molecule has 7 heteroatoms. The molecule has 0 spiro atoms. The van der Waals surface area contributed by atoms with Gasteiger partial charge in [0.25, 0.3) is 5.91 Å². The van der Waals surface area contributed by atoms with Crippen molar-refractivity contribution in [2.45, 2.75) is 13.3 Å². The van der Waals surface area contributed by atoms with Gasteiger partial charge in [-0.1, -0.05) is 35.9 Å². The van der Waals surface area contributed by atoms with Crippen molar-refractivity contribution >= 4 is 28.3 Å². The number of benzene rings is 2. The Labute approximate surface area is 167 Å². The fourth-order valence-electron chi connectivity index (χ4n) is 2.54. The molecule has 144 valence electrons. The van der Waals surface area contributed by atoms with Crippen LogP contribution in [0.3, 0.4) is 0 Å². The van der Waals surface area contributed by atoms with Gasteiger partial charge in [-0.3, -0.25) is 9.59 Å². The summed E-state index contributed by atoms with van der Waals surface area (Å²) in [6.07, 6.45) is 2.52. The number of methoxy groups -OCH3 is 1. The summed E-state index contributed by atoms with van der Waals surface area (Å²) < 4.78 is 5.09. The number of hydrogen-bond donors (Lipinski definition) is 2. The molecule has 0 saturated heterocycles. The molecular weight excluding hydrogens is 374 g/mol. The van der Waals surface area contributed by atoms with Gasteiger partial charge in [-0.05, 0) is 30.7 Å². The number of carbonyl (C=O) groups is 2. The SMILES string of the molecule is COc1cccc(C(=O)NCC(=O)Nc2ncc(Cc3ccc(C)cc3)s2)c1. The average Bonchev–Trinajstić information content (AvgIpc) is 3.14. The van der Waals surface area contributed by atoms with Gasteiger partial charge in [0.05, 0.1) is 13.7 Å². The molecule has 3 rings (SSSR count). The number of carbonyl (C=O) groups excluding carboxylic acids is 2. The minimum atomic E-state index is -0.340. The van der Waals surface area contributed by atoms with Crippen LogP contribution in [0.15, 0.2) is 54.7 Å². The van der Waals surface area contributed by atoms with E-state index in [9.17, 15) is 9.59 Å². The van der Waals surface area contributed by atoms with E-state index in [0.717, 1.165) is 11.3 Å². The van der Waals surface area contributed by atoms with E-state index in [0.29, 0.717) is 16.4 Å². The molecule has 0 atom stereocenters. The van der Waals surface area contributed by atoms with E-state index in [1.54, 1.807) is 30.5 Å². The second-order valence-electron chi connectivity index (χ2n) is 6.26. The summed E-state index contributed by atoms with van der Waals surface area (Å²) in [6.45, 7) is 1.92. The van der Waals surface area contributed by atoms with Gasteiger partial charge in [0.2, 0.25) is 5.91 Å². The van der Waals surface area contributed by atoms with Gasteiger partial charge in [-0.25, -0.2) is 4.98 Å². The van der Waals surface area contributed by atoms with E-state index in [1.807, 2.05) is 0 Å². The molecule has 0 aliphatic carbocycles. The summed E-state index contributed by atoms with van der Waals surface area (Å²) in [5.41, 5.74) is 2.84. The summed E-state index contributed by atoms with van der Waals surface area (Å²) in [6, 6.07) is 15.1. The molecule has 2 amide bonds. The number of anilines is 1. The molecule has 0 unspecified atom stereocenters. The second-order valence-corrected chi connectivity index (χ2v) is 7.37. The Balaban J connectivity index is 1.50. The predicted molar refractivity (Wildman–Crippen MR) is 110 cm³/mol. The first-order chi connectivity index (χ1) is 13.5. The van der Waals surface area contributed by atoms with Gasteiger partial charge in [0, 0.05) is 23.1 Å². The molecule has 0 fully saturated rings. The Morgan fingerprint density at radius 3 is 2.68 bits per heavy atom. The van der Waals surface area contributed by atoms with Crippen LogP contribution in [0.25, 0.3) is 0 Å². The summed E-state index contributed by atoms with van der Waals surface area (Å²) in [5, 5.41) is 5.82. The summed E-state index contributed by atoms with van der Waals surface area (Å²) in [4.78, 5) is 29.5. The second kappa shape index (κ2) is 9.14. The molecule has 2 aromatic carbocycles. The predicted octanol–water partition coefficient (Wildman–Crippen LogP) is 3.42. The maximum atomic E-state index is 12.1. The molecule has 0 radical (unpaired) electrons. The molecule has 0 saturated carbocycles. The third-order valence-electron chi connectivity index (χ3n) is 4.04. The van der Waals surface area contributed by atoms with Crippen LogP contribution in [0, 0.1) is 6.92 Å². The Morgan fingerprint density at radius 1 is 1.14 bits per heavy atom. The lowest BCUT2D eigenvalue weighted by atomic mass is 10.1. The number of ether oxygens (including phenoxy) is 1. The highest BCUT2D eigenvalue weighted by Gasteiger charge is 2.11. The van der Waals surface area contributed by atoms with Crippen molar-refractivity contribution in [3.63, 3.8) is 0 Å². The van der Waals surface area contributed by atoms with Gasteiger partial charge < -0.3 is 15.4 Å². The van der Waals surface area contributed by atoms with Crippen molar-refractivity contribution < 1.29 is 14.3 Å². The monoisotopic (exact) mass is 395 g/mol. The van der Waals surface area contributed by atoms with E-state index in [-0.39, 0.29) is 18.4 Å². The molecular formula is C21H21N3O3S. The molecule has 1 aromatic heterocycles. The van der Waals surface area contributed by atoms with Crippen LogP contribution in [-0.2, 0) is 11.2 Å². The quantitative estimate of drug-likeness (QED) is 0.642. The Bertz CT molecular complexity index is 967. The zero-order valence-corrected chi connectivity index (χ0v) is 16.5. The van der Waals surface area contributed by atoms with Crippen molar-refractivity contribution in [2.75, 3.05) is 19.0 Å². The molecule has 2 N–H and O–H groups in total. The molecule has 3 aromatic rings. The molecule has 1 heterocycles. The van der Waals surface area contributed by atoms with E-state index in [1.165, 1.54) is 29.6 Å². The van der Waals surface area contributed by atoms with Crippen molar-refractivity contribution in [2.24, 2.45) is 0 Å². The first kappa shape index (κ1) is 19.6. The first-order valence-corrected chi connectivity index (χ1v) is 9.57. The zero-order valence-electron chi connectivity index (χ0n) is 15.7. The summed E-state index contributed by atoms with van der Waals surface area (Å²) in [7, 11) is 1.53. The molecule has 0 bridgehead atoms. The van der Waals surface area contributed by atoms with E-state index in [4.69, 9.17) is 4.74 Å². The highest BCUT2D eigenvalue weighted by atomic mass is 32.1. The van der Waals surface area contributed by atoms with Gasteiger partial charge >= 0.3 is 0 Å². The lowest BCUT2D eigenvalue weighted by Gasteiger charge is -2.06. The number of nitrogens with one attached hydrogen (secondary N) is 2. The van der Waals surface area contributed by atoms with Crippen LogP contribution in [0.4, 0.5) is 5.13 Å². The Kier molecular flexibility index (Phi) is 6.39. The highest BCUT2D eigenvalue weighted by Crippen LogP contribution is 2.21. The topological polar surface area (TPSA) is 80.3 Å². The van der Waals surface area contributed by atoms with Crippen LogP contribution in [0.1, 0.15) is 26.4 Å². The molecule has 6 nitrogen and oxygen atoms in total. The maximum Gasteiger partial charge on any atom is 0.251 e. The van der Waals surface area contributed by atoms with Crippen LogP contribution < -0.4 is 15.4 Å². The van der Waals surface area contributed by atoms with Crippen LogP contribution in [-0.4, -0.2) is 30.5 Å². The molecule has 0 aliphatic rings. The Morgan fingerprint density at radius 2 is 1.93 bits per heavy atom. The number of aromatic nitrogens is 1. The van der Waals surface area contributed by atoms with Crippen LogP contribution in [0.5, 0.6) is 5.75 Å². The van der Waals surface area contributed by atoms with E-state index in [2.05, 4.69) is 46.8 Å². The van der Waals surface area contributed by atoms with Gasteiger partial charge in [-0.15, -0.1) is 11.3 Å². The minimum absolute atomic E-state index is 0.136. The standard InChI is InChI=1S/C21H21N3O3S/c1-14-6-8-15(9-7-14)10-18-12-23-21(28-18)24-19(25)13-22-20(26)16-4-3-5-17(11-16)27-2/h3-9,11-12H,10,13H2,1-2H3,(H,22,26)(H,23,24,25). The number of rotatable bonds is 7. The molecule has 28 heavy (non-hydrogen) atoms. The highest BCUT2D eigenvalue weighted by molar-refractivity contribution is 7.15. The minimum Gasteiger partial charge on any atom is -0.497 e. The average molecular weight is 395 g/mol. The van der Waals surface area contributed by atoms with Crippen LogP contribution >= 0.6 is 11.3 Å². The summed E-state index contributed by atoms with van der Waals surface area (Å²) >= 11 is 1.42.